The molecule has 0 N–H and O–H groups in total. The summed E-state index contributed by atoms with van der Waals surface area (Å²) in [6.45, 7) is 7.17. The van der Waals surface area contributed by atoms with Crippen LogP contribution in [0.4, 0.5) is 4.39 Å². The number of benzene rings is 1. The van der Waals surface area contributed by atoms with Crippen molar-refractivity contribution in [2.75, 3.05) is 0 Å². The van der Waals surface area contributed by atoms with Gasteiger partial charge < -0.3 is 0 Å². The summed E-state index contributed by atoms with van der Waals surface area (Å²) in [4.78, 5) is 0. The van der Waals surface area contributed by atoms with Gasteiger partial charge in [0.25, 0.3) is 0 Å². The molecule has 0 fully saturated rings. The van der Waals surface area contributed by atoms with Gasteiger partial charge in [0.05, 0.1) is 10.5 Å². The first-order valence-electron chi connectivity index (χ1n) is 5.04. The molecule has 0 aliphatic rings. The first-order chi connectivity index (χ1) is 7.32. The van der Waals surface area contributed by atoms with Gasteiger partial charge in [0.2, 0.25) is 0 Å². The van der Waals surface area contributed by atoms with E-state index in [0.717, 1.165) is 0 Å². The molecule has 0 heterocycles. The zero-order chi connectivity index (χ0) is 12.3. The summed E-state index contributed by atoms with van der Waals surface area (Å²) in [7, 11) is -1.35. The van der Waals surface area contributed by atoms with E-state index >= 15 is 0 Å². The third-order valence-electron chi connectivity index (χ3n) is 2.01. The third-order valence-corrected chi connectivity index (χ3v) is 3.49. The summed E-state index contributed by atoms with van der Waals surface area (Å²) < 4.78 is 28.8. The van der Waals surface area contributed by atoms with E-state index < -0.39 is 15.7 Å². The Bertz CT molecular complexity index is 435. The standard InChI is InChI=1S/C12H16FNOS/c1-9(14-16(15)12(2,3)4)10-7-5-6-8-11(10)13/h5-8H,1-4H3. The molecular weight excluding hydrogens is 225 g/mol. The van der Waals surface area contributed by atoms with Crippen molar-refractivity contribution in [3.8, 4) is 0 Å². The molecule has 1 unspecified atom stereocenters. The van der Waals surface area contributed by atoms with Gasteiger partial charge in [-0.1, -0.05) is 18.2 Å². The van der Waals surface area contributed by atoms with Gasteiger partial charge in [-0.15, -0.1) is 0 Å². The van der Waals surface area contributed by atoms with Gasteiger partial charge in [-0.3, -0.25) is 0 Å². The molecule has 1 aromatic rings. The van der Waals surface area contributed by atoms with Crippen LogP contribution in [-0.4, -0.2) is 14.7 Å². The summed E-state index contributed by atoms with van der Waals surface area (Å²) in [6, 6.07) is 6.35. The Morgan fingerprint density at radius 1 is 1.31 bits per heavy atom. The molecule has 0 aromatic heterocycles. The quantitative estimate of drug-likeness (QED) is 0.732. The summed E-state index contributed by atoms with van der Waals surface area (Å²) in [5.41, 5.74) is 0.867. The topological polar surface area (TPSA) is 29.4 Å². The van der Waals surface area contributed by atoms with Crippen molar-refractivity contribution < 1.29 is 8.60 Å². The van der Waals surface area contributed by atoms with Gasteiger partial charge in [0.1, 0.15) is 16.8 Å². The highest BCUT2D eigenvalue weighted by atomic mass is 32.2. The summed E-state index contributed by atoms with van der Waals surface area (Å²) in [5, 5.41) is 0. The van der Waals surface area contributed by atoms with Crippen LogP contribution in [0.3, 0.4) is 0 Å². The van der Waals surface area contributed by atoms with Crippen LogP contribution in [0.2, 0.25) is 0 Å². The van der Waals surface area contributed by atoms with Crippen LogP contribution < -0.4 is 0 Å². The van der Waals surface area contributed by atoms with Crippen molar-refractivity contribution >= 4 is 16.7 Å². The Labute approximate surface area is 98.2 Å². The second-order valence-electron chi connectivity index (χ2n) is 4.52. The largest absolute Gasteiger partial charge is 0.234 e. The number of hydrogen-bond acceptors (Lipinski definition) is 1. The molecule has 88 valence electrons. The lowest BCUT2D eigenvalue weighted by molar-refractivity contribution is 0.625. The maximum absolute atomic E-state index is 13.4. The Balaban J connectivity index is 3.04. The van der Waals surface area contributed by atoms with Crippen molar-refractivity contribution in [3.63, 3.8) is 0 Å². The lowest BCUT2D eigenvalue weighted by Crippen LogP contribution is -2.20. The molecule has 1 aromatic carbocycles. The van der Waals surface area contributed by atoms with Crippen molar-refractivity contribution in [2.45, 2.75) is 32.4 Å². The molecule has 0 saturated carbocycles. The molecule has 2 nitrogen and oxygen atoms in total. The molecule has 1 rings (SSSR count). The minimum absolute atomic E-state index is 0.338. The van der Waals surface area contributed by atoms with Crippen molar-refractivity contribution in [3.05, 3.63) is 35.6 Å². The van der Waals surface area contributed by atoms with Crippen molar-refractivity contribution in [2.24, 2.45) is 4.40 Å². The molecule has 0 bridgehead atoms. The van der Waals surface area contributed by atoms with Crippen molar-refractivity contribution in [1.29, 1.82) is 0 Å². The molecule has 0 spiro atoms. The first-order valence-corrected chi connectivity index (χ1v) is 6.15. The number of rotatable bonds is 2. The Morgan fingerprint density at radius 2 is 1.88 bits per heavy atom. The molecule has 0 saturated heterocycles. The maximum Gasteiger partial charge on any atom is 0.145 e. The minimum Gasteiger partial charge on any atom is -0.234 e. The highest BCUT2D eigenvalue weighted by Crippen LogP contribution is 2.15. The Kier molecular flexibility index (Phi) is 3.97. The molecule has 0 aliphatic heterocycles. The van der Waals surface area contributed by atoms with E-state index in [-0.39, 0.29) is 5.82 Å². The molecule has 16 heavy (non-hydrogen) atoms. The molecular formula is C12H16FNOS. The zero-order valence-electron chi connectivity index (χ0n) is 9.95. The van der Waals surface area contributed by atoms with Gasteiger partial charge in [-0.2, -0.15) is 4.40 Å². The molecule has 4 heteroatoms. The van der Waals surface area contributed by atoms with Crippen LogP contribution in [0.25, 0.3) is 0 Å². The summed E-state index contributed by atoms with van der Waals surface area (Å²) in [6.07, 6.45) is 0. The lowest BCUT2D eigenvalue weighted by Gasteiger charge is -2.14. The lowest BCUT2D eigenvalue weighted by atomic mass is 10.1. The third kappa shape index (κ3) is 3.23. The van der Waals surface area contributed by atoms with Gasteiger partial charge in [-0.05, 0) is 33.8 Å². The van der Waals surface area contributed by atoms with Crippen LogP contribution in [0.1, 0.15) is 33.3 Å². The van der Waals surface area contributed by atoms with E-state index in [2.05, 4.69) is 4.40 Å². The van der Waals surface area contributed by atoms with Crippen LogP contribution >= 0.6 is 0 Å². The number of halogens is 1. The summed E-state index contributed by atoms with van der Waals surface area (Å²) in [5.74, 6) is -0.338. The maximum atomic E-state index is 13.4. The second-order valence-corrected chi connectivity index (χ2v) is 6.42. The fraction of sp³-hybridized carbons (Fsp3) is 0.417. The number of hydrogen-bond donors (Lipinski definition) is 0. The normalized spacial score (nSPS) is 14.9. The predicted molar refractivity (Wildman–Crippen MR) is 66.5 cm³/mol. The minimum atomic E-state index is -1.35. The summed E-state index contributed by atoms with van der Waals surface area (Å²) >= 11 is 0. The van der Waals surface area contributed by atoms with Gasteiger partial charge >= 0.3 is 0 Å². The Hall–Kier alpha value is -1.03. The van der Waals surface area contributed by atoms with E-state index in [4.69, 9.17) is 0 Å². The smallest absolute Gasteiger partial charge is 0.145 e. The van der Waals surface area contributed by atoms with Gasteiger partial charge in [0.15, 0.2) is 0 Å². The fourth-order valence-corrected chi connectivity index (χ4v) is 1.69. The van der Waals surface area contributed by atoms with E-state index in [1.165, 1.54) is 6.07 Å². The van der Waals surface area contributed by atoms with Crippen molar-refractivity contribution in [1.82, 2.24) is 0 Å². The van der Waals surface area contributed by atoms with Gasteiger partial charge in [0, 0.05) is 5.56 Å². The predicted octanol–water partition coefficient (Wildman–Crippen LogP) is 3.10. The number of nitrogens with zero attached hydrogens (tertiary/aromatic N) is 1. The molecule has 0 aliphatic carbocycles. The van der Waals surface area contributed by atoms with Gasteiger partial charge in [-0.25, -0.2) is 8.60 Å². The zero-order valence-corrected chi connectivity index (χ0v) is 10.8. The molecule has 0 amide bonds. The van der Waals surface area contributed by atoms with Crippen LogP contribution in [0.5, 0.6) is 0 Å². The molecule has 1 atom stereocenters. The molecule has 0 radical (unpaired) electrons. The SMILES string of the molecule is CC(=NS(=O)C(C)(C)C)c1ccccc1F. The van der Waals surface area contributed by atoms with E-state index in [0.29, 0.717) is 11.3 Å². The monoisotopic (exact) mass is 241 g/mol. The van der Waals surface area contributed by atoms with Crippen LogP contribution in [0.15, 0.2) is 28.7 Å². The van der Waals surface area contributed by atoms with E-state index in [1.54, 1.807) is 25.1 Å². The first kappa shape index (κ1) is 13.0. The van der Waals surface area contributed by atoms with E-state index in [1.807, 2.05) is 20.8 Å². The highest BCUT2D eigenvalue weighted by molar-refractivity contribution is 7.85. The average Bonchev–Trinajstić information content (AvgIpc) is 2.16. The average molecular weight is 241 g/mol. The van der Waals surface area contributed by atoms with Crippen LogP contribution in [-0.2, 0) is 11.0 Å². The van der Waals surface area contributed by atoms with E-state index in [9.17, 15) is 8.60 Å². The highest BCUT2D eigenvalue weighted by Gasteiger charge is 2.19. The fourth-order valence-electron chi connectivity index (χ4n) is 1.07. The second kappa shape index (κ2) is 4.87. The van der Waals surface area contributed by atoms with Crippen LogP contribution in [0, 0.1) is 5.82 Å². The Morgan fingerprint density at radius 3 is 2.38 bits per heavy atom.